The van der Waals surface area contributed by atoms with Gasteiger partial charge in [0.15, 0.2) is 0 Å². The van der Waals surface area contributed by atoms with Crippen LogP contribution in [-0.4, -0.2) is 13.6 Å². The van der Waals surface area contributed by atoms with Crippen molar-refractivity contribution >= 4 is 5.69 Å². The van der Waals surface area contributed by atoms with Crippen molar-refractivity contribution in [2.75, 3.05) is 18.5 Å². The van der Waals surface area contributed by atoms with Crippen LogP contribution in [0.4, 0.5) is 5.69 Å². The maximum Gasteiger partial charge on any atom is 0.0429 e. The zero-order valence-corrected chi connectivity index (χ0v) is 13.4. The lowest BCUT2D eigenvalue weighted by atomic mass is 10.1. The lowest BCUT2D eigenvalue weighted by Crippen LogP contribution is -2.20. The van der Waals surface area contributed by atoms with E-state index >= 15 is 0 Å². The molecule has 0 saturated heterocycles. The van der Waals surface area contributed by atoms with E-state index in [2.05, 4.69) is 79.6 Å². The van der Waals surface area contributed by atoms with E-state index < -0.39 is 0 Å². The van der Waals surface area contributed by atoms with Crippen LogP contribution in [-0.2, 0) is 13.1 Å². The third-order valence-electron chi connectivity index (χ3n) is 3.74. The molecule has 2 rings (SSSR count). The number of rotatable bonds is 7. The van der Waals surface area contributed by atoms with Gasteiger partial charge < -0.3 is 10.2 Å². The number of hydrogen-bond donors (Lipinski definition) is 1. The highest BCUT2D eigenvalue weighted by atomic mass is 15.1. The Morgan fingerprint density at radius 3 is 2.29 bits per heavy atom. The van der Waals surface area contributed by atoms with Gasteiger partial charge in [-0.15, -0.1) is 0 Å². The molecule has 2 heteroatoms. The average molecular weight is 282 g/mol. The Hall–Kier alpha value is -1.80. The van der Waals surface area contributed by atoms with Crippen molar-refractivity contribution in [3.05, 3.63) is 65.2 Å². The van der Waals surface area contributed by atoms with Gasteiger partial charge in [0.1, 0.15) is 0 Å². The third kappa shape index (κ3) is 4.61. The van der Waals surface area contributed by atoms with Crippen molar-refractivity contribution in [3.8, 4) is 0 Å². The van der Waals surface area contributed by atoms with Crippen LogP contribution in [0.15, 0.2) is 48.5 Å². The Morgan fingerprint density at radius 2 is 1.62 bits per heavy atom. The van der Waals surface area contributed by atoms with Crippen LogP contribution in [0.5, 0.6) is 0 Å². The fraction of sp³-hybridized carbons (Fsp3) is 0.368. The summed E-state index contributed by atoms with van der Waals surface area (Å²) in [5, 5.41) is 3.49. The Morgan fingerprint density at radius 1 is 0.952 bits per heavy atom. The minimum Gasteiger partial charge on any atom is -0.370 e. The fourth-order valence-electron chi connectivity index (χ4n) is 2.43. The molecule has 2 aromatic carbocycles. The van der Waals surface area contributed by atoms with Crippen molar-refractivity contribution in [1.82, 2.24) is 5.32 Å². The first-order valence-electron chi connectivity index (χ1n) is 7.76. The molecule has 112 valence electrons. The van der Waals surface area contributed by atoms with Crippen LogP contribution in [0.1, 0.15) is 30.0 Å². The van der Waals surface area contributed by atoms with Gasteiger partial charge in [0.05, 0.1) is 0 Å². The van der Waals surface area contributed by atoms with Crippen LogP contribution in [0.3, 0.4) is 0 Å². The average Bonchev–Trinajstić information content (AvgIpc) is 2.50. The summed E-state index contributed by atoms with van der Waals surface area (Å²) in [7, 11) is 2.15. The van der Waals surface area contributed by atoms with E-state index in [1.54, 1.807) is 0 Å². The quantitative estimate of drug-likeness (QED) is 0.768. The predicted molar refractivity (Wildman–Crippen MR) is 91.7 cm³/mol. The SMILES string of the molecule is CCCNCc1ccccc1CN(C)c1ccc(C)cc1. The Bertz CT molecular complexity index is 546. The number of nitrogens with zero attached hydrogens (tertiary/aromatic N) is 1. The second-order valence-electron chi connectivity index (χ2n) is 5.64. The first-order chi connectivity index (χ1) is 10.2. The number of nitrogens with one attached hydrogen (secondary N) is 1. The number of aryl methyl sites for hydroxylation is 1. The third-order valence-corrected chi connectivity index (χ3v) is 3.74. The molecule has 0 heterocycles. The first kappa shape index (κ1) is 15.6. The molecule has 0 aromatic heterocycles. The highest BCUT2D eigenvalue weighted by Gasteiger charge is 2.06. The minimum atomic E-state index is 0.938. The summed E-state index contributed by atoms with van der Waals surface area (Å²) in [6, 6.07) is 17.4. The molecular formula is C19H26N2. The Kier molecular flexibility index (Phi) is 5.82. The van der Waals surface area contributed by atoms with Gasteiger partial charge in [-0.25, -0.2) is 0 Å². The van der Waals surface area contributed by atoms with Crippen molar-refractivity contribution in [3.63, 3.8) is 0 Å². The van der Waals surface area contributed by atoms with Crippen LogP contribution in [0.2, 0.25) is 0 Å². The maximum absolute atomic E-state index is 3.49. The molecule has 2 nitrogen and oxygen atoms in total. The molecule has 0 aliphatic heterocycles. The first-order valence-corrected chi connectivity index (χ1v) is 7.76. The number of anilines is 1. The predicted octanol–water partition coefficient (Wildman–Crippen LogP) is 4.13. The number of hydrogen-bond acceptors (Lipinski definition) is 2. The molecular weight excluding hydrogens is 256 g/mol. The molecule has 0 saturated carbocycles. The van der Waals surface area contributed by atoms with Crippen molar-refractivity contribution in [2.24, 2.45) is 0 Å². The van der Waals surface area contributed by atoms with E-state index in [0.717, 1.165) is 19.6 Å². The maximum atomic E-state index is 3.49. The second-order valence-corrected chi connectivity index (χ2v) is 5.64. The molecule has 0 spiro atoms. The molecule has 0 amide bonds. The van der Waals surface area contributed by atoms with E-state index in [-0.39, 0.29) is 0 Å². The van der Waals surface area contributed by atoms with Crippen molar-refractivity contribution in [1.29, 1.82) is 0 Å². The summed E-state index contributed by atoms with van der Waals surface area (Å²) in [4.78, 5) is 2.30. The van der Waals surface area contributed by atoms with Gasteiger partial charge in [0.25, 0.3) is 0 Å². The van der Waals surface area contributed by atoms with Gasteiger partial charge in [-0.05, 0) is 43.1 Å². The van der Waals surface area contributed by atoms with Gasteiger partial charge >= 0.3 is 0 Å². The lowest BCUT2D eigenvalue weighted by molar-refractivity contribution is 0.670. The molecule has 0 fully saturated rings. The van der Waals surface area contributed by atoms with E-state index in [9.17, 15) is 0 Å². The van der Waals surface area contributed by atoms with Gasteiger partial charge in [-0.2, -0.15) is 0 Å². The standard InChI is InChI=1S/C19H26N2/c1-4-13-20-14-17-7-5-6-8-18(17)15-21(3)19-11-9-16(2)10-12-19/h5-12,20H,4,13-15H2,1-3H3. The zero-order valence-electron chi connectivity index (χ0n) is 13.4. The van der Waals surface area contributed by atoms with Gasteiger partial charge in [0, 0.05) is 25.8 Å². The summed E-state index contributed by atoms with van der Waals surface area (Å²) in [5.74, 6) is 0. The van der Waals surface area contributed by atoms with E-state index in [1.807, 2.05) is 0 Å². The molecule has 0 bridgehead atoms. The summed E-state index contributed by atoms with van der Waals surface area (Å²) in [6.07, 6.45) is 1.17. The largest absolute Gasteiger partial charge is 0.370 e. The van der Waals surface area contributed by atoms with E-state index in [1.165, 1.54) is 28.8 Å². The van der Waals surface area contributed by atoms with E-state index in [0.29, 0.717) is 0 Å². The van der Waals surface area contributed by atoms with Gasteiger partial charge in [-0.1, -0.05) is 48.9 Å². The Balaban J connectivity index is 2.06. The molecule has 0 unspecified atom stereocenters. The summed E-state index contributed by atoms with van der Waals surface area (Å²) in [5.41, 5.74) is 5.35. The smallest absolute Gasteiger partial charge is 0.0429 e. The Labute approximate surface area is 128 Å². The topological polar surface area (TPSA) is 15.3 Å². The zero-order chi connectivity index (χ0) is 15.1. The summed E-state index contributed by atoms with van der Waals surface area (Å²) in [6.45, 7) is 7.28. The highest BCUT2D eigenvalue weighted by molar-refractivity contribution is 5.47. The lowest BCUT2D eigenvalue weighted by Gasteiger charge is -2.21. The van der Waals surface area contributed by atoms with Crippen molar-refractivity contribution in [2.45, 2.75) is 33.4 Å². The molecule has 1 N–H and O–H groups in total. The minimum absolute atomic E-state index is 0.938. The molecule has 2 aromatic rings. The normalized spacial score (nSPS) is 10.6. The highest BCUT2D eigenvalue weighted by Crippen LogP contribution is 2.18. The van der Waals surface area contributed by atoms with Crippen LogP contribution >= 0.6 is 0 Å². The van der Waals surface area contributed by atoms with Crippen LogP contribution in [0.25, 0.3) is 0 Å². The molecule has 0 aliphatic rings. The molecule has 21 heavy (non-hydrogen) atoms. The summed E-state index contributed by atoms with van der Waals surface area (Å²) < 4.78 is 0. The van der Waals surface area contributed by atoms with E-state index in [4.69, 9.17) is 0 Å². The fourth-order valence-corrected chi connectivity index (χ4v) is 2.43. The summed E-state index contributed by atoms with van der Waals surface area (Å²) >= 11 is 0. The molecule has 0 atom stereocenters. The van der Waals surface area contributed by atoms with Gasteiger partial charge in [0.2, 0.25) is 0 Å². The van der Waals surface area contributed by atoms with Crippen molar-refractivity contribution < 1.29 is 0 Å². The van der Waals surface area contributed by atoms with Gasteiger partial charge in [-0.3, -0.25) is 0 Å². The second kappa shape index (κ2) is 7.84. The molecule has 0 radical (unpaired) electrons. The monoisotopic (exact) mass is 282 g/mol. The van der Waals surface area contributed by atoms with Crippen LogP contribution in [0, 0.1) is 6.92 Å². The van der Waals surface area contributed by atoms with Crippen LogP contribution < -0.4 is 10.2 Å². The number of benzene rings is 2. The molecule has 0 aliphatic carbocycles.